The number of carbonyl (C=O) groups excluding carboxylic acids is 1. The van der Waals surface area contributed by atoms with Crippen LogP contribution in [0.25, 0.3) is 11.1 Å². The van der Waals surface area contributed by atoms with E-state index < -0.39 is 5.41 Å². The molecule has 1 amide bonds. The van der Waals surface area contributed by atoms with E-state index in [9.17, 15) is 4.79 Å². The lowest BCUT2D eigenvalue weighted by Crippen LogP contribution is -2.41. The molecule has 0 saturated heterocycles. The Morgan fingerprint density at radius 2 is 1.61 bits per heavy atom. The van der Waals surface area contributed by atoms with Gasteiger partial charge in [0.05, 0.1) is 5.41 Å². The Morgan fingerprint density at radius 3 is 2.13 bits per heavy atom. The van der Waals surface area contributed by atoms with Crippen LogP contribution in [0, 0.1) is 0 Å². The average Bonchev–Trinajstić information content (AvgIpc) is 3.35. The lowest BCUT2D eigenvalue weighted by molar-refractivity contribution is -0.122. The van der Waals surface area contributed by atoms with Crippen molar-refractivity contribution in [3.63, 3.8) is 0 Å². The summed E-state index contributed by atoms with van der Waals surface area (Å²) in [4.78, 5) is 12.6. The molecule has 2 aliphatic rings. The smallest absolute Gasteiger partial charge is 0.232 e. The van der Waals surface area contributed by atoms with Crippen molar-refractivity contribution in [1.29, 1.82) is 0 Å². The lowest BCUT2D eigenvalue weighted by atomic mass is 9.74. The second-order valence-corrected chi connectivity index (χ2v) is 6.69. The van der Waals surface area contributed by atoms with Crippen LogP contribution in [0.4, 0.5) is 0 Å². The van der Waals surface area contributed by atoms with E-state index in [2.05, 4.69) is 29.6 Å². The summed E-state index contributed by atoms with van der Waals surface area (Å²) in [6, 6.07) is 17.1. The van der Waals surface area contributed by atoms with Crippen molar-refractivity contribution in [3.8, 4) is 11.1 Å². The summed E-state index contributed by atoms with van der Waals surface area (Å²) in [6.45, 7) is 0.948. The number of hydrogen-bond donors (Lipinski definition) is 2. The maximum absolute atomic E-state index is 12.6. The molecule has 0 spiro atoms. The molecule has 0 atom stereocenters. The molecule has 23 heavy (non-hydrogen) atoms. The molecule has 0 bridgehead atoms. The minimum absolute atomic E-state index is 0.235. The highest BCUT2D eigenvalue weighted by Crippen LogP contribution is 2.50. The summed E-state index contributed by atoms with van der Waals surface area (Å²) in [7, 11) is 0. The zero-order valence-corrected chi connectivity index (χ0v) is 13.2. The van der Waals surface area contributed by atoms with Crippen LogP contribution in [0.1, 0.15) is 36.8 Å². The first-order chi connectivity index (χ1) is 11.2. The molecule has 0 aromatic heterocycles. The Balaban J connectivity index is 1.73. The van der Waals surface area contributed by atoms with Crippen LogP contribution in [-0.2, 0) is 10.2 Å². The first-order valence-electron chi connectivity index (χ1n) is 8.46. The van der Waals surface area contributed by atoms with Crippen molar-refractivity contribution in [3.05, 3.63) is 59.7 Å². The van der Waals surface area contributed by atoms with Gasteiger partial charge in [-0.3, -0.25) is 4.79 Å². The molecular formula is C20H22N2O. The zero-order chi connectivity index (χ0) is 15.9. The van der Waals surface area contributed by atoms with Crippen molar-refractivity contribution >= 4 is 5.91 Å². The largest absolute Gasteiger partial charge is 0.369 e. The van der Waals surface area contributed by atoms with Gasteiger partial charge in [0.15, 0.2) is 0 Å². The highest BCUT2D eigenvalue weighted by atomic mass is 16.1. The molecule has 3 heteroatoms. The fourth-order valence-electron chi connectivity index (χ4n) is 3.93. The average molecular weight is 306 g/mol. The van der Waals surface area contributed by atoms with Crippen LogP contribution >= 0.6 is 0 Å². The minimum atomic E-state index is -0.682. The molecular weight excluding hydrogens is 284 g/mol. The second kappa shape index (κ2) is 5.50. The number of carbonyl (C=O) groups is 1. The van der Waals surface area contributed by atoms with Gasteiger partial charge in [-0.05, 0) is 54.5 Å². The van der Waals surface area contributed by atoms with Gasteiger partial charge < -0.3 is 11.1 Å². The van der Waals surface area contributed by atoms with Crippen LogP contribution in [0.15, 0.2) is 48.5 Å². The quantitative estimate of drug-likeness (QED) is 0.806. The molecule has 0 unspecified atom stereocenters. The van der Waals surface area contributed by atoms with Crippen molar-refractivity contribution < 1.29 is 4.79 Å². The number of nitrogens with two attached hydrogens (primary N) is 1. The molecule has 118 valence electrons. The van der Waals surface area contributed by atoms with Gasteiger partial charge in [-0.1, -0.05) is 48.5 Å². The van der Waals surface area contributed by atoms with Gasteiger partial charge in [0.25, 0.3) is 0 Å². The van der Waals surface area contributed by atoms with Crippen molar-refractivity contribution in [2.75, 3.05) is 6.54 Å². The van der Waals surface area contributed by atoms with E-state index in [0.29, 0.717) is 6.04 Å². The van der Waals surface area contributed by atoms with E-state index >= 15 is 0 Å². The molecule has 3 N–H and O–H groups in total. The normalized spacial score (nSPS) is 17.6. The molecule has 4 rings (SSSR count). The number of primary amides is 1. The number of amides is 1. The van der Waals surface area contributed by atoms with Crippen LogP contribution < -0.4 is 11.1 Å². The van der Waals surface area contributed by atoms with E-state index in [1.165, 1.54) is 12.8 Å². The molecule has 2 aromatic rings. The predicted octanol–water partition coefficient (Wildman–Crippen LogP) is 2.97. The Kier molecular flexibility index (Phi) is 3.46. The van der Waals surface area contributed by atoms with Crippen molar-refractivity contribution in [1.82, 2.24) is 5.32 Å². The Bertz CT molecular complexity index is 703. The number of benzene rings is 2. The van der Waals surface area contributed by atoms with Crippen LogP contribution in [-0.4, -0.2) is 18.5 Å². The Hall–Kier alpha value is -2.13. The third-order valence-electron chi connectivity index (χ3n) is 5.22. The van der Waals surface area contributed by atoms with Gasteiger partial charge in [0, 0.05) is 6.04 Å². The maximum Gasteiger partial charge on any atom is 0.232 e. The number of fused-ring (bicyclic) bond motifs is 3. The predicted molar refractivity (Wildman–Crippen MR) is 92.1 cm³/mol. The van der Waals surface area contributed by atoms with E-state index in [-0.39, 0.29) is 5.91 Å². The van der Waals surface area contributed by atoms with Crippen molar-refractivity contribution in [2.45, 2.75) is 37.1 Å². The monoisotopic (exact) mass is 306 g/mol. The zero-order valence-electron chi connectivity index (χ0n) is 13.2. The molecule has 3 nitrogen and oxygen atoms in total. The van der Waals surface area contributed by atoms with E-state index in [0.717, 1.165) is 41.6 Å². The summed E-state index contributed by atoms with van der Waals surface area (Å²) < 4.78 is 0. The fraction of sp³-hybridized carbons (Fsp3) is 0.350. The highest BCUT2D eigenvalue weighted by Gasteiger charge is 2.47. The van der Waals surface area contributed by atoms with Gasteiger partial charge in [0.2, 0.25) is 5.91 Å². The lowest BCUT2D eigenvalue weighted by Gasteiger charge is -2.28. The molecule has 2 aromatic carbocycles. The Morgan fingerprint density at radius 1 is 1.04 bits per heavy atom. The van der Waals surface area contributed by atoms with Crippen LogP contribution in [0.3, 0.4) is 0 Å². The van der Waals surface area contributed by atoms with Gasteiger partial charge in [-0.15, -0.1) is 0 Å². The topological polar surface area (TPSA) is 55.1 Å². The van der Waals surface area contributed by atoms with Crippen LogP contribution in [0.2, 0.25) is 0 Å². The summed E-state index contributed by atoms with van der Waals surface area (Å²) in [5.74, 6) is -0.235. The van der Waals surface area contributed by atoms with E-state index in [1.54, 1.807) is 0 Å². The summed E-state index contributed by atoms with van der Waals surface area (Å²) in [6.07, 6.45) is 4.28. The van der Waals surface area contributed by atoms with Crippen molar-refractivity contribution in [2.24, 2.45) is 5.73 Å². The standard InChI is InChI=1S/C20H22N2O/c21-19(23)20(12-5-13-22-14-10-11-14)17-8-3-1-6-15(17)16-7-2-4-9-18(16)20/h1-4,6-9,14,22H,5,10-13H2,(H2,21,23). The summed E-state index contributed by atoms with van der Waals surface area (Å²) in [5, 5.41) is 3.53. The van der Waals surface area contributed by atoms with Crippen LogP contribution in [0.5, 0.6) is 0 Å². The molecule has 1 fully saturated rings. The Labute approximate surface area is 136 Å². The summed E-state index contributed by atoms with van der Waals surface area (Å²) in [5.41, 5.74) is 9.71. The van der Waals surface area contributed by atoms with E-state index in [1.807, 2.05) is 24.3 Å². The van der Waals surface area contributed by atoms with Gasteiger partial charge >= 0.3 is 0 Å². The van der Waals surface area contributed by atoms with E-state index in [4.69, 9.17) is 5.73 Å². The maximum atomic E-state index is 12.6. The van der Waals surface area contributed by atoms with Gasteiger partial charge in [-0.25, -0.2) is 0 Å². The highest BCUT2D eigenvalue weighted by molar-refractivity contribution is 5.99. The summed E-state index contributed by atoms with van der Waals surface area (Å²) >= 11 is 0. The van der Waals surface area contributed by atoms with Gasteiger partial charge in [0.1, 0.15) is 0 Å². The third kappa shape index (κ3) is 2.27. The molecule has 1 saturated carbocycles. The molecule has 2 aliphatic carbocycles. The molecule has 0 heterocycles. The number of nitrogens with one attached hydrogen (secondary N) is 1. The number of rotatable bonds is 6. The SMILES string of the molecule is NC(=O)C1(CCCNC2CC2)c2ccccc2-c2ccccc21. The minimum Gasteiger partial charge on any atom is -0.369 e. The molecule has 0 radical (unpaired) electrons. The first-order valence-corrected chi connectivity index (χ1v) is 8.46. The first kappa shape index (κ1) is 14.5. The fourth-order valence-corrected chi connectivity index (χ4v) is 3.93. The molecule has 0 aliphatic heterocycles. The van der Waals surface area contributed by atoms with Gasteiger partial charge in [-0.2, -0.15) is 0 Å². The second-order valence-electron chi connectivity index (χ2n) is 6.69. The number of hydrogen-bond acceptors (Lipinski definition) is 2. The third-order valence-corrected chi connectivity index (χ3v) is 5.22.